The third-order valence-corrected chi connectivity index (χ3v) is 3.62. The molecule has 0 radical (unpaired) electrons. The van der Waals surface area contributed by atoms with E-state index in [0.29, 0.717) is 5.92 Å². The Bertz CT molecular complexity index is 588. The van der Waals surface area contributed by atoms with Crippen molar-refractivity contribution in [1.82, 2.24) is 9.38 Å². The van der Waals surface area contributed by atoms with Crippen LogP contribution in [0.25, 0.3) is 5.65 Å². The fraction of sp³-hybridized carbons (Fsp3) is 0.533. The van der Waals surface area contributed by atoms with Crippen molar-refractivity contribution in [2.24, 2.45) is 0 Å². The van der Waals surface area contributed by atoms with Gasteiger partial charge in [-0.3, -0.25) is 0 Å². The lowest BCUT2D eigenvalue weighted by Gasteiger charge is -2.20. The molecule has 3 heteroatoms. The highest BCUT2D eigenvalue weighted by Crippen LogP contribution is 2.40. The molecular formula is C15H20N2O. The molecule has 1 saturated carbocycles. The normalized spacial score (nSPS) is 16.2. The average Bonchev–Trinajstić information content (AvgIpc) is 3.06. The molecule has 0 aliphatic heterocycles. The third-order valence-electron chi connectivity index (χ3n) is 3.62. The van der Waals surface area contributed by atoms with Crippen LogP contribution in [0.15, 0.2) is 18.5 Å². The topological polar surface area (TPSA) is 26.5 Å². The van der Waals surface area contributed by atoms with Crippen molar-refractivity contribution < 1.29 is 4.74 Å². The molecule has 96 valence electrons. The van der Waals surface area contributed by atoms with Crippen molar-refractivity contribution in [3.05, 3.63) is 29.7 Å². The van der Waals surface area contributed by atoms with E-state index in [2.05, 4.69) is 43.6 Å². The second-order valence-electron chi connectivity index (χ2n) is 6.22. The second kappa shape index (κ2) is 3.74. The lowest BCUT2D eigenvalue weighted by molar-refractivity contribution is 0.414. The van der Waals surface area contributed by atoms with Gasteiger partial charge in [0.15, 0.2) is 11.4 Å². The van der Waals surface area contributed by atoms with Gasteiger partial charge in [0.25, 0.3) is 0 Å². The van der Waals surface area contributed by atoms with E-state index in [1.165, 1.54) is 24.1 Å². The van der Waals surface area contributed by atoms with Gasteiger partial charge in [-0.2, -0.15) is 0 Å². The van der Waals surface area contributed by atoms with Crippen molar-refractivity contribution in [3.63, 3.8) is 0 Å². The summed E-state index contributed by atoms with van der Waals surface area (Å²) < 4.78 is 7.61. The zero-order chi connectivity index (χ0) is 12.9. The predicted molar refractivity (Wildman–Crippen MR) is 72.4 cm³/mol. The fourth-order valence-corrected chi connectivity index (χ4v) is 2.22. The van der Waals surface area contributed by atoms with Crippen molar-refractivity contribution in [3.8, 4) is 5.75 Å². The molecule has 2 aromatic rings. The molecule has 0 amide bonds. The lowest BCUT2D eigenvalue weighted by atomic mass is 9.88. The van der Waals surface area contributed by atoms with Crippen molar-refractivity contribution in [2.45, 2.75) is 44.9 Å². The van der Waals surface area contributed by atoms with Crippen LogP contribution >= 0.6 is 0 Å². The minimum absolute atomic E-state index is 0.117. The van der Waals surface area contributed by atoms with Gasteiger partial charge in [0.05, 0.1) is 12.8 Å². The number of methoxy groups -OCH3 is 1. The summed E-state index contributed by atoms with van der Waals surface area (Å²) in [6.07, 6.45) is 6.89. The molecule has 2 aromatic heterocycles. The van der Waals surface area contributed by atoms with Gasteiger partial charge in [-0.1, -0.05) is 20.8 Å². The molecule has 0 spiro atoms. The molecule has 18 heavy (non-hydrogen) atoms. The van der Waals surface area contributed by atoms with Crippen molar-refractivity contribution in [2.75, 3.05) is 7.11 Å². The van der Waals surface area contributed by atoms with Gasteiger partial charge in [0, 0.05) is 18.3 Å². The van der Waals surface area contributed by atoms with Crippen molar-refractivity contribution >= 4 is 5.65 Å². The maximum atomic E-state index is 5.49. The first-order chi connectivity index (χ1) is 8.49. The van der Waals surface area contributed by atoms with E-state index in [9.17, 15) is 0 Å². The maximum Gasteiger partial charge on any atom is 0.179 e. The third kappa shape index (κ3) is 1.88. The van der Waals surface area contributed by atoms with Gasteiger partial charge in [-0.25, -0.2) is 4.98 Å². The minimum Gasteiger partial charge on any atom is -0.493 e. The first kappa shape index (κ1) is 11.6. The molecule has 1 aliphatic rings. The Balaban J connectivity index is 2.19. The quantitative estimate of drug-likeness (QED) is 0.808. The van der Waals surface area contributed by atoms with E-state index in [0.717, 1.165) is 11.4 Å². The average molecular weight is 244 g/mol. The Morgan fingerprint density at radius 2 is 2.00 bits per heavy atom. The standard InChI is InChI=1S/C15H20N2O/c1-15(2,3)11-7-13(18-4)14-16-12(10-5-6-10)9-17(14)8-11/h7-10H,5-6H2,1-4H3. The van der Waals surface area contributed by atoms with Crippen LogP contribution in [0, 0.1) is 0 Å². The van der Waals surface area contributed by atoms with Crippen LogP contribution in [0.4, 0.5) is 0 Å². The second-order valence-corrected chi connectivity index (χ2v) is 6.22. The maximum absolute atomic E-state index is 5.49. The Morgan fingerprint density at radius 1 is 1.28 bits per heavy atom. The van der Waals surface area contributed by atoms with Gasteiger partial charge >= 0.3 is 0 Å². The van der Waals surface area contributed by atoms with Crippen LogP contribution < -0.4 is 4.74 Å². The summed E-state index contributed by atoms with van der Waals surface area (Å²) in [5.74, 6) is 1.54. The van der Waals surface area contributed by atoms with E-state index >= 15 is 0 Å². The van der Waals surface area contributed by atoms with E-state index in [1.54, 1.807) is 7.11 Å². The first-order valence-corrected chi connectivity index (χ1v) is 6.56. The van der Waals surface area contributed by atoms with E-state index in [4.69, 9.17) is 9.72 Å². The first-order valence-electron chi connectivity index (χ1n) is 6.56. The van der Waals surface area contributed by atoms with E-state index in [-0.39, 0.29) is 5.41 Å². The highest BCUT2D eigenvalue weighted by atomic mass is 16.5. The van der Waals surface area contributed by atoms with E-state index < -0.39 is 0 Å². The van der Waals surface area contributed by atoms with Gasteiger partial charge < -0.3 is 9.14 Å². The highest BCUT2D eigenvalue weighted by molar-refractivity contribution is 5.57. The van der Waals surface area contributed by atoms with Gasteiger partial charge in [-0.15, -0.1) is 0 Å². The zero-order valence-electron chi connectivity index (χ0n) is 11.5. The number of ether oxygens (including phenoxy) is 1. The van der Waals surface area contributed by atoms with Crippen LogP contribution in [-0.2, 0) is 5.41 Å². The number of aromatic nitrogens is 2. The van der Waals surface area contributed by atoms with Crippen molar-refractivity contribution in [1.29, 1.82) is 0 Å². The number of hydrogen-bond acceptors (Lipinski definition) is 2. The minimum atomic E-state index is 0.117. The largest absolute Gasteiger partial charge is 0.493 e. The molecule has 0 bridgehead atoms. The van der Waals surface area contributed by atoms with Crippen LogP contribution in [0.1, 0.15) is 50.8 Å². The number of nitrogens with zero attached hydrogens (tertiary/aromatic N) is 2. The summed E-state index contributed by atoms with van der Waals surface area (Å²) in [4.78, 5) is 4.71. The van der Waals surface area contributed by atoms with Gasteiger partial charge in [-0.05, 0) is 29.9 Å². The summed E-state index contributed by atoms with van der Waals surface area (Å²) in [6.45, 7) is 6.64. The van der Waals surface area contributed by atoms with Gasteiger partial charge in [0.1, 0.15) is 0 Å². The molecule has 3 rings (SSSR count). The molecule has 1 fully saturated rings. The Morgan fingerprint density at radius 3 is 2.56 bits per heavy atom. The Hall–Kier alpha value is -1.51. The van der Waals surface area contributed by atoms with Crippen LogP contribution in [0.3, 0.4) is 0 Å². The predicted octanol–water partition coefficient (Wildman–Crippen LogP) is 3.52. The van der Waals surface area contributed by atoms with Crippen LogP contribution in [-0.4, -0.2) is 16.5 Å². The SMILES string of the molecule is COc1cc(C(C)(C)C)cn2cc(C3CC3)nc12. The lowest BCUT2D eigenvalue weighted by Crippen LogP contribution is -2.12. The fourth-order valence-electron chi connectivity index (χ4n) is 2.22. The summed E-state index contributed by atoms with van der Waals surface area (Å²) >= 11 is 0. The number of rotatable bonds is 2. The summed E-state index contributed by atoms with van der Waals surface area (Å²) in [6, 6.07) is 2.11. The molecule has 0 saturated heterocycles. The van der Waals surface area contributed by atoms with Crippen LogP contribution in [0.2, 0.25) is 0 Å². The Kier molecular flexibility index (Phi) is 2.40. The molecule has 2 heterocycles. The number of pyridine rings is 1. The molecule has 3 nitrogen and oxygen atoms in total. The summed E-state index contributed by atoms with van der Waals surface area (Å²) in [5, 5.41) is 0. The summed E-state index contributed by atoms with van der Waals surface area (Å²) in [7, 11) is 1.72. The molecule has 0 N–H and O–H groups in total. The van der Waals surface area contributed by atoms with Gasteiger partial charge in [0.2, 0.25) is 0 Å². The Labute approximate surface area is 108 Å². The van der Waals surface area contributed by atoms with Crippen LogP contribution in [0.5, 0.6) is 5.75 Å². The molecule has 0 aromatic carbocycles. The summed E-state index contributed by atoms with van der Waals surface area (Å²) in [5.41, 5.74) is 3.53. The molecule has 1 aliphatic carbocycles. The smallest absolute Gasteiger partial charge is 0.179 e. The van der Waals surface area contributed by atoms with E-state index in [1.807, 2.05) is 0 Å². The number of imidazole rings is 1. The molecule has 0 unspecified atom stereocenters. The highest BCUT2D eigenvalue weighted by Gasteiger charge is 2.27. The number of hydrogen-bond donors (Lipinski definition) is 0. The number of fused-ring (bicyclic) bond motifs is 1. The monoisotopic (exact) mass is 244 g/mol. The molecular weight excluding hydrogens is 224 g/mol. The molecule has 0 atom stereocenters. The zero-order valence-corrected chi connectivity index (χ0v) is 11.5.